The summed E-state index contributed by atoms with van der Waals surface area (Å²) >= 11 is 0. The summed E-state index contributed by atoms with van der Waals surface area (Å²) in [5, 5.41) is 11.9. The predicted molar refractivity (Wildman–Crippen MR) is 90.4 cm³/mol. The van der Waals surface area contributed by atoms with Crippen LogP contribution in [0, 0.1) is 0 Å². The minimum Gasteiger partial charge on any atom is -0.330 e. The Balaban J connectivity index is 1.92. The normalized spacial score (nSPS) is 11.2. The highest BCUT2D eigenvalue weighted by Crippen LogP contribution is 2.11. The maximum atomic E-state index is 5.52. The third kappa shape index (κ3) is 9.10. The van der Waals surface area contributed by atoms with Crippen molar-refractivity contribution < 1.29 is 0 Å². The molecule has 4 N–H and O–H groups in total. The molecule has 0 amide bonds. The van der Waals surface area contributed by atoms with E-state index in [4.69, 9.17) is 11.5 Å². The summed E-state index contributed by atoms with van der Waals surface area (Å²) in [6.45, 7) is 2.37. The summed E-state index contributed by atoms with van der Waals surface area (Å²) < 4.78 is 1.90. The smallest absolute Gasteiger partial charge is 0.151 e. The van der Waals surface area contributed by atoms with Crippen LogP contribution < -0.4 is 11.5 Å². The molecule has 0 atom stereocenters. The van der Waals surface area contributed by atoms with Gasteiger partial charge in [-0.3, -0.25) is 0 Å². The number of tetrazole rings is 1. The molecule has 6 nitrogen and oxygen atoms in total. The van der Waals surface area contributed by atoms with Crippen LogP contribution in [0.3, 0.4) is 0 Å². The van der Waals surface area contributed by atoms with Crippen LogP contribution in [-0.2, 0) is 13.0 Å². The largest absolute Gasteiger partial charge is 0.330 e. The summed E-state index contributed by atoms with van der Waals surface area (Å²) in [7, 11) is 0. The first-order chi connectivity index (χ1) is 10.9. The number of hydrogen-bond donors (Lipinski definition) is 2. The van der Waals surface area contributed by atoms with Crippen molar-refractivity contribution in [3.05, 3.63) is 5.82 Å². The van der Waals surface area contributed by atoms with E-state index >= 15 is 0 Å². The lowest BCUT2D eigenvalue weighted by atomic mass is 10.1. The summed E-state index contributed by atoms with van der Waals surface area (Å²) in [5.74, 6) is 1.01. The molecular weight excluding hydrogens is 276 g/mol. The van der Waals surface area contributed by atoms with Crippen LogP contribution in [0.1, 0.15) is 76.5 Å². The van der Waals surface area contributed by atoms with E-state index in [9.17, 15) is 0 Å². The van der Waals surface area contributed by atoms with Crippen molar-refractivity contribution in [2.75, 3.05) is 13.1 Å². The Labute approximate surface area is 135 Å². The van der Waals surface area contributed by atoms with Crippen LogP contribution in [-0.4, -0.2) is 33.3 Å². The molecule has 0 aliphatic rings. The topological polar surface area (TPSA) is 95.6 Å². The van der Waals surface area contributed by atoms with Crippen molar-refractivity contribution in [1.29, 1.82) is 0 Å². The molecule has 1 aromatic heterocycles. The molecule has 0 saturated heterocycles. The molecule has 0 unspecified atom stereocenters. The van der Waals surface area contributed by atoms with Crippen molar-refractivity contribution in [2.45, 2.75) is 83.6 Å². The Bertz CT molecular complexity index is 352. The molecule has 0 fully saturated rings. The van der Waals surface area contributed by atoms with Crippen LogP contribution in [0.5, 0.6) is 0 Å². The average Bonchev–Trinajstić information content (AvgIpc) is 2.98. The Morgan fingerprint density at radius 2 is 1.23 bits per heavy atom. The van der Waals surface area contributed by atoms with Gasteiger partial charge in [0, 0.05) is 13.0 Å². The molecule has 128 valence electrons. The third-order valence-corrected chi connectivity index (χ3v) is 4.03. The maximum absolute atomic E-state index is 5.52. The van der Waals surface area contributed by atoms with E-state index in [1.165, 1.54) is 64.2 Å². The third-order valence-electron chi connectivity index (χ3n) is 4.03. The Morgan fingerprint density at radius 3 is 1.82 bits per heavy atom. The van der Waals surface area contributed by atoms with Gasteiger partial charge in [-0.2, -0.15) is 0 Å². The summed E-state index contributed by atoms with van der Waals surface area (Å²) in [6.07, 6.45) is 15.0. The van der Waals surface area contributed by atoms with Gasteiger partial charge in [-0.25, -0.2) is 4.68 Å². The van der Waals surface area contributed by atoms with Gasteiger partial charge in [0.15, 0.2) is 5.82 Å². The van der Waals surface area contributed by atoms with Crippen LogP contribution in [0.4, 0.5) is 0 Å². The molecule has 0 aliphatic carbocycles. The number of nitrogens with zero attached hydrogens (tertiary/aromatic N) is 4. The molecule has 0 radical (unpaired) electrons. The number of nitrogens with two attached hydrogens (primary N) is 2. The SMILES string of the molecule is NCCCCCCCCCCCCc1nnnn1CCCN. The highest BCUT2D eigenvalue weighted by Gasteiger charge is 2.04. The first-order valence-corrected chi connectivity index (χ1v) is 9.03. The highest BCUT2D eigenvalue weighted by molar-refractivity contribution is 4.80. The van der Waals surface area contributed by atoms with E-state index in [-0.39, 0.29) is 0 Å². The molecule has 0 aromatic carbocycles. The molecule has 0 saturated carbocycles. The Morgan fingerprint density at radius 1 is 0.682 bits per heavy atom. The fourth-order valence-corrected chi connectivity index (χ4v) is 2.66. The molecular formula is C16H34N6. The highest BCUT2D eigenvalue weighted by atomic mass is 15.5. The van der Waals surface area contributed by atoms with E-state index < -0.39 is 0 Å². The zero-order valence-electron chi connectivity index (χ0n) is 14.1. The van der Waals surface area contributed by atoms with Gasteiger partial charge >= 0.3 is 0 Å². The maximum Gasteiger partial charge on any atom is 0.151 e. The Hall–Kier alpha value is -1.01. The van der Waals surface area contributed by atoms with Crippen molar-refractivity contribution in [3.63, 3.8) is 0 Å². The van der Waals surface area contributed by atoms with E-state index in [0.717, 1.165) is 31.8 Å². The van der Waals surface area contributed by atoms with Crippen molar-refractivity contribution in [2.24, 2.45) is 11.5 Å². The first kappa shape index (κ1) is 19.0. The molecule has 1 aromatic rings. The fourth-order valence-electron chi connectivity index (χ4n) is 2.66. The van der Waals surface area contributed by atoms with Gasteiger partial charge in [-0.05, 0) is 42.8 Å². The summed E-state index contributed by atoms with van der Waals surface area (Å²) in [4.78, 5) is 0. The van der Waals surface area contributed by atoms with E-state index in [2.05, 4.69) is 15.5 Å². The number of aryl methyl sites for hydroxylation is 2. The molecule has 0 aliphatic heterocycles. The fraction of sp³-hybridized carbons (Fsp3) is 0.938. The van der Waals surface area contributed by atoms with Gasteiger partial charge in [0.1, 0.15) is 0 Å². The minimum atomic E-state index is 0.686. The Kier molecular flexibility index (Phi) is 11.8. The van der Waals surface area contributed by atoms with Gasteiger partial charge in [-0.15, -0.1) is 5.10 Å². The quantitative estimate of drug-likeness (QED) is 0.485. The van der Waals surface area contributed by atoms with E-state index in [1.807, 2.05) is 4.68 Å². The van der Waals surface area contributed by atoms with Crippen molar-refractivity contribution in [3.8, 4) is 0 Å². The number of unbranched alkanes of at least 4 members (excludes halogenated alkanes) is 9. The van der Waals surface area contributed by atoms with Gasteiger partial charge in [0.2, 0.25) is 0 Å². The van der Waals surface area contributed by atoms with Gasteiger partial charge in [0.25, 0.3) is 0 Å². The second kappa shape index (κ2) is 13.6. The van der Waals surface area contributed by atoms with E-state index in [1.54, 1.807) is 0 Å². The predicted octanol–water partition coefficient (Wildman–Crippen LogP) is 2.42. The molecule has 1 heterocycles. The van der Waals surface area contributed by atoms with Crippen molar-refractivity contribution >= 4 is 0 Å². The van der Waals surface area contributed by atoms with Crippen molar-refractivity contribution in [1.82, 2.24) is 20.2 Å². The second-order valence-electron chi connectivity index (χ2n) is 6.03. The lowest BCUT2D eigenvalue weighted by Gasteiger charge is -2.04. The number of rotatable bonds is 15. The number of aromatic nitrogens is 4. The summed E-state index contributed by atoms with van der Waals surface area (Å²) in [6, 6.07) is 0. The molecule has 22 heavy (non-hydrogen) atoms. The molecule has 0 spiro atoms. The van der Waals surface area contributed by atoms with E-state index in [0.29, 0.717) is 6.54 Å². The lowest BCUT2D eigenvalue weighted by Crippen LogP contribution is -2.10. The zero-order valence-corrected chi connectivity index (χ0v) is 14.1. The zero-order chi connectivity index (χ0) is 15.9. The van der Waals surface area contributed by atoms with Gasteiger partial charge in [-0.1, -0.05) is 51.4 Å². The average molecular weight is 310 g/mol. The van der Waals surface area contributed by atoms with Crippen LogP contribution in [0.25, 0.3) is 0 Å². The van der Waals surface area contributed by atoms with Gasteiger partial charge in [0.05, 0.1) is 0 Å². The van der Waals surface area contributed by atoms with Crippen LogP contribution in [0.15, 0.2) is 0 Å². The molecule has 0 bridgehead atoms. The summed E-state index contributed by atoms with van der Waals surface area (Å²) in [5.41, 5.74) is 11.0. The standard InChI is InChI=1S/C16H34N6/c17-13-10-8-6-4-2-1-3-5-7-9-12-16-19-20-21-22(16)15-11-14-18/h1-15,17-18H2. The lowest BCUT2D eigenvalue weighted by molar-refractivity contribution is 0.523. The van der Waals surface area contributed by atoms with Crippen LogP contribution in [0.2, 0.25) is 0 Å². The minimum absolute atomic E-state index is 0.686. The number of hydrogen-bond acceptors (Lipinski definition) is 5. The second-order valence-corrected chi connectivity index (χ2v) is 6.03. The monoisotopic (exact) mass is 310 g/mol. The first-order valence-electron chi connectivity index (χ1n) is 9.03. The molecule has 1 rings (SSSR count). The van der Waals surface area contributed by atoms with Crippen LogP contribution >= 0.6 is 0 Å². The molecule has 6 heteroatoms. The van der Waals surface area contributed by atoms with Gasteiger partial charge < -0.3 is 11.5 Å².